The fourth-order valence-electron chi connectivity index (χ4n) is 2.98. The molecule has 0 saturated carbocycles. The first-order valence-corrected chi connectivity index (χ1v) is 7.30. The second kappa shape index (κ2) is 5.02. The third kappa shape index (κ3) is 3.21. The van der Waals surface area contributed by atoms with Crippen LogP contribution in [0.25, 0.3) is 0 Å². The summed E-state index contributed by atoms with van der Waals surface area (Å²) < 4.78 is 11.7. The van der Waals surface area contributed by atoms with E-state index in [2.05, 4.69) is 0 Å². The molecular weight excluding hydrogens is 266 g/mol. The van der Waals surface area contributed by atoms with Gasteiger partial charge < -0.3 is 15.2 Å². The SMILES string of the molecule is Cc1cc(C)c(C(=O)OC2CC(C)(C)OC2(C)C)cc1N. The van der Waals surface area contributed by atoms with E-state index in [-0.39, 0.29) is 17.7 Å². The number of ether oxygens (including phenoxy) is 2. The summed E-state index contributed by atoms with van der Waals surface area (Å²) in [6.07, 6.45) is 0.425. The van der Waals surface area contributed by atoms with E-state index >= 15 is 0 Å². The van der Waals surface area contributed by atoms with Gasteiger partial charge in [0, 0.05) is 12.1 Å². The third-order valence-corrected chi connectivity index (χ3v) is 4.07. The first kappa shape index (κ1) is 15.8. The lowest BCUT2D eigenvalue weighted by Crippen LogP contribution is -2.36. The van der Waals surface area contributed by atoms with Crippen molar-refractivity contribution in [1.82, 2.24) is 0 Å². The van der Waals surface area contributed by atoms with Crippen molar-refractivity contribution in [2.24, 2.45) is 0 Å². The maximum Gasteiger partial charge on any atom is 0.338 e. The van der Waals surface area contributed by atoms with E-state index in [9.17, 15) is 4.79 Å². The molecule has 1 heterocycles. The highest BCUT2D eigenvalue weighted by Gasteiger charge is 2.48. The molecule has 0 aromatic heterocycles. The molecule has 1 unspecified atom stereocenters. The number of rotatable bonds is 2. The number of carbonyl (C=O) groups excluding carboxylic acids is 1. The van der Waals surface area contributed by atoms with Crippen LogP contribution >= 0.6 is 0 Å². The molecule has 1 fully saturated rings. The summed E-state index contributed by atoms with van der Waals surface area (Å²) in [6.45, 7) is 11.7. The molecule has 2 N–H and O–H groups in total. The normalized spacial score (nSPS) is 23.0. The molecule has 1 aromatic rings. The summed E-state index contributed by atoms with van der Waals surface area (Å²) >= 11 is 0. The van der Waals surface area contributed by atoms with Gasteiger partial charge in [-0.15, -0.1) is 0 Å². The highest BCUT2D eigenvalue weighted by atomic mass is 16.6. The van der Waals surface area contributed by atoms with Crippen LogP contribution in [-0.2, 0) is 9.47 Å². The Balaban J connectivity index is 2.21. The summed E-state index contributed by atoms with van der Waals surface area (Å²) in [6, 6.07) is 3.60. The van der Waals surface area contributed by atoms with Crippen molar-refractivity contribution in [2.45, 2.75) is 65.3 Å². The van der Waals surface area contributed by atoms with E-state index in [1.54, 1.807) is 6.07 Å². The van der Waals surface area contributed by atoms with Crippen LogP contribution in [0.5, 0.6) is 0 Å². The van der Waals surface area contributed by atoms with Crippen molar-refractivity contribution in [3.05, 3.63) is 28.8 Å². The Labute approximate surface area is 126 Å². The van der Waals surface area contributed by atoms with Crippen LogP contribution in [0, 0.1) is 13.8 Å². The predicted molar refractivity (Wildman–Crippen MR) is 83.4 cm³/mol. The van der Waals surface area contributed by atoms with Crippen molar-refractivity contribution in [3.8, 4) is 0 Å². The van der Waals surface area contributed by atoms with Crippen LogP contribution in [0.1, 0.15) is 55.6 Å². The molecule has 116 valence electrons. The van der Waals surface area contributed by atoms with Crippen LogP contribution in [0.4, 0.5) is 5.69 Å². The number of nitrogens with two attached hydrogens (primary N) is 1. The lowest BCUT2D eigenvalue weighted by Gasteiger charge is -2.27. The number of esters is 1. The minimum atomic E-state index is -0.483. The molecule has 4 nitrogen and oxygen atoms in total. The summed E-state index contributed by atoms with van der Waals surface area (Å²) in [5, 5.41) is 0. The first-order valence-electron chi connectivity index (χ1n) is 7.30. The van der Waals surface area contributed by atoms with E-state index in [0.29, 0.717) is 17.7 Å². The van der Waals surface area contributed by atoms with Crippen molar-refractivity contribution in [1.29, 1.82) is 0 Å². The number of benzene rings is 1. The Morgan fingerprint density at radius 2 is 1.86 bits per heavy atom. The zero-order valence-corrected chi connectivity index (χ0v) is 13.7. The molecule has 0 spiro atoms. The fraction of sp³-hybridized carbons (Fsp3) is 0.588. The van der Waals surface area contributed by atoms with Gasteiger partial charge in [0.1, 0.15) is 11.7 Å². The molecule has 0 bridgehead atoms. The molecular formula is C17H25NO3. The quantitative estimate of drug-likeness (QED) is 0.670. The molecule has 0 radical (unpaired) electrons. The Morgan fingerprint density at radius 3 is 2.38 bits per heavy atom. The van der Waals surface area contributed by atoms with Crippen molar-refractivity contribution in [3.63, 3.8) is 0 Å². The molecule has 1 aliphatic rings. The van der Waals surface area contributed by atoms with Crippen LogP contribution in [-0.4, -0.2) is 23.3 Å². The van der Waals surface area contributed by atoms with Gasteiger partial charge in [-0.25, -0.2) is 4.79 Å². The number of nitrogen functional groups attached to an aromatic ring is 1. The molecule has 4 heteroatoms. The van der Waals surface area contributed by atoms with Gasteiger partial charge in [-0.3, -0.25) is 0 Å². The number of hydrogen-bond donors (Lipinski definition) is 1. The van der Waals surface area contributed by atoms with Crippen molar-refractivity contribution >= 4 is 11.7 Å². The highest BCUT2D eigenvalue weighted by molar-refractivity contribution is 5.92. The minimum Gasteiger partial charge on any atom is -0.456 e. The van der Waals surface area contributed by atoms with E-state index in [4.69, 9.17) is 15.2 Å². The number of hydrogen-bond acceptors (Lipinski definition) is 4. The van der Waals surface area contributed by atoms with Gasteiger partial charge >= 0.3 is 5.97 Å². The van der Waals surface area contributed by atoms with Gasteiger partial charge in [0.25, 0.3) is 0 Å². The Kier molecular flexibility index (Phi) is 3.79. The maximum atomic E-state index is 12.5. The Morgan fingerprint density at radius 1 is 1.24 bits per heavy atom. The maximum absolute atomic E-state index is 12.5. The van der Waals surface area contributed by atoms with Crippen LogP contribution in [0.15, 0.2) is 12.1 Å². The monoisotopic (exact) mass is 291 g/mol. The smallest absolute Gasteiger partial charge is 0.338 e. The van der Waals surface area contributed by atoms with E-state index in [1.165, 1.54) is 0 Å². The van der Waals surface area contributed by atoms with E-state index in [1.807, 2.05) is 47.6 Å². The summed E-state index contributed by atoms with van der Waals surface area (Å²) in [4.78, 5) is 12.5. The molecule has 0 aliphatic carbocycles. The molecule has 1 saturated heterocycles. The topological polar surface area (TPSA) is 61.5 Å². The number of carbonyl (C=O) groups is 1. The van der Waals surface area contributed by atoms with E-state index in [0.717, 1.165) is 11.1 Å². The van der Waals surface area contributed by atoms with Crippen LogP contribution in [0.2, 0.25) is 0 Å². The zero-order chi connectivity index (χ0) is 16.0. The lowest BCUT2D eigenvalue weighted by atomic mass is 9.97. The lowest BCUT2D eigenvalue weighted by molar-refractivity contribution is -0.0924. The van der Waals surface area contributed by atoms with Crippen LogP contribution < -0.4 is 5.73 Å². The highest BCUT2D eigenvalue weighted by Crippen LogP contribution is 2.39. The van der Waals surface area contributed by atoms with Gasteiger partial charge in [-0.05, 0) is 58.7 Å². The Hall–Kier alpha value is -1.55. The van der Waals surface area contributed by atoms with Crippen molar-refractivity contribution < 1.29 is 14.3 Å². The third-order valence-electron chi connectivity index (χ3n) is 4.07. The van der Waals surface area contributed by atoms with E-state index < -0.39 is 5.60 Å². The fourth-order valence-corrected chi connectivity index (χ4v) is 2.98. The van der Waals surface area contributed by atoms with Crippen molar-refractivity contribution in [2.75, 3.05) is 5.73 Å². The number of anilines is 1. The first-order chi connectivity index (χ1) is 9.52. The standard InChI is InChI=1S/C17H25NO3/c1-10-7-11(2)13(18)8-12(10)15(19)20-14-9-16(3,4)21-17(14,5)6/h7-8,14H,9,18H2,1-6H3. The summed E-state index contributed by atoms with van der Waals surface area (Å²) in [5.74, 6) is -0.335. The summed E-state index contributed by atoms with van der Waals surface area (Å²) in [5.41, 5.74) is 8.11. The minimum absolute atomic E-state index is 0.262. The predicted octanol–water partition coefficient (Wildman–Crippen LogP) is 3.39. The second-order valence-electron chi connectivity index (χ2n) is 7.09. The second-order valence-corrected chi connectivity index (χ2v) is 7.09. The molecule has 21 heavy (non-hydrogen) atoms. The zero-order valence-electron chi connectivity index (χ0n) is 13.7. The molecule has 1 aliphatic heterocycles. The summed E-state index contributed by atoms with van der Waals surface area (Å²) in [7, 11) is 0. The largest absolute Gasteiger partial charge is 0.456 e. The Bertz CT molecular complexity index is 576. The van der Waals surface area contributed by atoms with Gasteiger partial charge in [-0.1, -0.05) is 6.07 Å². The average Bonchev–Trinajstić information content (AvgIpc) is 2.51. The molecule has 1 atom stereocenters. The molecule has 2 rings (SSSR count). The van der Waals surface area contributed by atoms with Gasteiger partial charge in [-0.2, -0.15) is 0 Å². The average molecular weight is 291 g/mol. The molecule has 0 amide bonds. The number of aryl methyl sites for hydroxylation is 2. The van der Waals surface area contributed by atoms with Crippen LogP contribution in [0.3, 0.4) is 0 Å². The molecule has 1 aromatic carbocycles. The van der Waals surface area contributed by atoms with Gasteiger partial charge in [0.2, 0.25) is 0 Å². The van der Waals surface area contributed by atoms with Gasteiger partial charge in [0.05, 0.1) is 11.2 Å². The van der Waals surface area contributed by atoms with Gasteiger partial charge in [0.15, 0.2) is 0 Å².